The fourth-order valence-corrected chi connectivity index (χ4v) is 5.23. The lowest BCUT2D eigenvalue weighted by Crippen LogP contribution is -2.50. The van der Waals surface area contributed by atoms with E-state index in [9.17, 15) is 13.0 Å². The SMILES string of the molecule is CCCCCC[N+](CCCCC)(CCCCBr)CCCCCC.Cc1ccc(S(=O)(=O)[O-])cc1. The van der Waals surface area contributed by atoms with Crippen LogP contribution in [0.25, 0.3) is 0 Å². The molecule has 34 heavy (non-hydrogen) atoms. The monoisotopic (exact) mass is 561 g/mol. The Morgan fingerprint density at radius 3 is 1.44 bits per heavy atom. The zero-order valence-electron chi connectivity index (χ0n) is 22.5. The van der Waals surface area contributed by atoms with Crippen LogP contribution in [0.1, 0.15) is 110 Å². The topological polar surface area (TPSA) is 57.2 Å². The first-order valence-electron chi connectivity index (χ1n) is 13.7. The van der Waals surface area contributed by atoms with Crippen molar-refractivity contribution < 1.29 is 17.5 Å². The smallest absolute Gasteiger partial charge is 0.124 e. The Morgan fingerprint density at radius 1 is 0.676 bits per heavy atom. The molecule has 4 nitrogen and oxygen atoms in total. The quantitative estimate of drug-likeness (QED) is 0.0739. The molecule has 0 radical (unpaired) electrons. The first kappa shape index (κ1) is 33.6. The Bertz CT molecular complexity index is 668. The number of unbranched alkanes of at least 4 members (excludes halogenated alkanes) is 9. The molecule has 0 aliphatic rings. The van der Waals surface area contributed by atoms with Gasteiger partial charge in [-0.1, -0.05) is 86.5 Å². The Hall–Kier alpha value is -0.430. The Labute approximate surface area is 220 Å². The second-order valence-electron chi connectivity index (χ2n) is 9.73. The number of rotatable bonds is 19. The summed E-state index contributed by atoms with van der Waals surface area (Å²) in [6, 6.07) is 5.78. The van der Waals surface area contributed by atoms with Crippen molar-refractivity contribution in [2.45, 2.75) is 116 Å². The molecule has 0 unspecified atom stereocenters. The number of hydrogen-bond donors (Lipinski definition) is 0. The standard InChI is InChI=1S/C21H45BrN.C7H8O3S/c1-4-7-10-14-19-23(18-13-9-6-3,21-16-12-17-22)20-15-11-8-5-2;1-6-2-4-7(5-3-6)11(8,9)10/h4-21H2,1-3H3;2-5H,1H3,(H,8,9,10)/q+1;/p-1. The molecule has 0 amide bonds. The molecule has 0 spiro atoms. The van der Waals surface area contributed by atoms with Crippen LogP contribution in [0.4, 0.5) is 0 Å². The van der Waals surface area contributed by atoms with Crippen LogP contribution >= 0.6 is 15.9 Å². The molecule has 0 fully saturated rings. The summed E-state index contributed by atoms with van der Waals surface area (Å²) in [5, 5.41) is 1.17. The summed E-state index contributed by atoms with van der Waals surface area (Å²) in [4.78, 5) is -0.178. The molecule has 200 valence electrons. The highest BCUT2D eigenvalue weighted by molar-refractivity contribution is 9.09. The van der Waals surface area contributed by atoms with Gasteiger partial charge in [-0.15, -0.1) is 0 Å². The number of hydrogen-bond acceptors (Lipinski definition) is 3. The van der Waals surface area contributed by atoms with Gasteiger partial charge in [0.15, 0.2) is 0 Å². The fourth-order valence-electron chi connectivity index (χ4n) is 4.36. The molecule has 6 heteroatoms. The number of alkyl halides is 1. The van der Waals surface area contributed by atoms with Crippen molar-refractivity contribution in [3.05, 3.63) is 29.8 Å². The largest absolute Gasteiger partial charge is 0.744 e. The van der Waals surface area contributed by atoms with E-state index in [1.54, 1.807) is 12.1 Å². The summed E-state index contributed by atoms with van der Waals surface area (Å²) in [6.45, 7) is 14.6. The van der Waals surface area contributed by atoms with E-state index in [-0.39, 0.29) is 4.90 Å². The zero-order valence-corrected chi connectivity index (χ0v) is 24.9. The lowest BCUT2D eigenvalue weighted by molar-refractivity contribution is -0.929. The van der Waals surface area contributed by atoms with E-state index < -0.39 is 10.1 Å². The molecule has 1 rings (SSSR count). The fraction of sp³-hybridized carbons (Fsp3) is 0.786. The molecule has 1 aromatic carbocycles. The minimum Gasteiger partial charge on any atom is -0.744 e. The summed E-state index contributed by atoms with van der Waals surface area (Å²) in [6.07, 6.45) is 18.3. The van der Waals surface area contributed by atoms with Crippen molar-refractivity contribution >= 4 is 26.0 Å². The van der Waals surface area contributed by atoms with Gasteiger partial charge in [-0.25, -0.2) is 8.42 Å². The lowest BCUT2D eigenvalue weighted by atomic mass is 10.1. The van der Waals surface area contributed by atoms with E-state index in [1.807, 2.05) is 6.92 Å². The van der Waals surface area contributed by atoms with Gasteiger partial charge in [0, 0.05) is 5.33 Å². The van der Waals surface area contributed by atoms with Gasteiger partial charge < -0.3 is 9.04 Å². The first-order valence-corrected chi connectivity index (χ1v) is 16.2. The molecule has 0 bridgehead atoms. The number of quaternary nitrogens is 1. The number of nitrogens with zero attached hydrogens (tertiary/aromatic N) is 1. The third-order valence-corrected chi connectivity index (χ3v) is 7.94. The molecule has 1 aromatic rings. The predicted octanol–water partition coefficient (Wildman–Crippen LogP) is 8.23. The predicted molar refractivity (Wildman–Crippen MR) is 150 cm³/mol. The molecule has 0 heterocycles. The maximum atomic E-state index is 10.4. The van der Waals surface area contributed by atoms with Crippen LogP contribution in [0.3, 0.4) is 0 Å². The van der Waals surface area contributed by atoms with E-state index in [0.29, 0.717) is 0 Å². The van der Waals surface area contributed by atoms with Crippen molar-refractivity contribution in [2.75, 3.05) is 31.5 Å². The van der Waals surface area contributed by atoms with Gasteiger partial charge >= 0.3 is 0 Å². The highest BCUT2D eigenvalue weighted by Gasteiger charge is 2.25. The summed E-state index contributed by atoms with van der Waals surface area (Å²) >= 11 is 3.62. The van der Waals surface area contributed by atoms with E-state index in [0.717, 1.165) is 5.56 Å². The molecule has 0 saturated carbocycles. The second kappa shape index (κ2) is 20.7. The third kappa shape index (κ3) is 17.1. The van der Waals surface area contributed by atoms with Gasteiger partial charge in [-0.3, -0.25) is 0 Å². The van der Waals surface area contributed by atoms with Crippen molar-refractivity contribution in [3.63, 3.8) is 0 Å². The van der Waals surface area contributed by atoms with E-state index in [1.165, 1.54) is 132 Å². The molecule has 0 aliphatic heterocycles. The molecular formula is C28H52BrNO3S. The van der Waals surface area contributed by atoms with Crippen LogP contribution in [0.2, 0.25) is 0 Å². The summed E-state index contributed by atoms with van der Waals surface area (Å²) in [5.41, 5.74) is 0.928. The third-order valence-electron chi connectivity index (χ3n) is 6.53. The molecule has 0 aromatic heterocycles. The van der Waals surface area contributed by atoms with Crippen molar-refractivity contribution in [2.24, 2.45) is 0 Å². The average molecular weight is 563 g/mol. The van der Waals surface area contributed by atoms with Gasteiger partial charge in [-0.2, -0.15) is 0 Å². The normalized spacial score (nSPS) is 11.8. The molecule has 0 N–H and O–H groups in total. The minimum absolute atomic E-state index is 0.178. The average Bonchev–Trinajstić information content (AvgIpc) is 2.80. The lowest BCUT2D eigenvalue weighted by Gasteiger charge is -2.39. The Balaban J connectivity index is 0.000000818. The van der Waals surface area contributed by atoms with Crippen LogP contribution in [0, 0.1) is 6.92 Å². The summed E-state index contributed by atoms with van der Waals surface area (Å²) < 4.78 is 32.6. The van der Waals surface area contributed by atoms with Crippen molar-refractivity contribution in [3.8, 4) is 0 Å². The van der Waals surface area contributed by atoms with Crippen molar-refractivity contribution in [1.29, 1.82) is 0 Å². The molecular weight excluding hydrogens is 510 g/mol. The minimum atomic E-state index is -4.27. The van der Waals surface area contributed by atoms with Gasteiger partial charge in [0.25, 0.3) is 0 Å². The molecule has 0 atom stereocenters. The van der Waals surface area contributed by atoms with Crippen LogP contribution in [-0.2, 0) is 10.1 Å². The van der Waals surface area contributed by atoms with Crippen molar-refractivity contribution in [1.82, 2.24) is 0 Å². The van der Waals surface area contributed by atoms with Gasteiger partial charge in [-0.05, 0) is 70.4 Å². The highest BCUT2D eigenvalue weighted by atomic mass is 79.9. The number of halogens is 1. The molecule has 0 aliphatic carbocycles. The number of benzene rings is 1. The van der Waals surface area contributed by atoms with Crippen LogP contribution in [0.5, 0.6) is 0 Å². The first-order chi connectivity index (χ1) is 16.2. The van der Waals surface area contributed by atoms with E-state index in [4.69, 9.17) is 0 Å². The highest BCUT2D eigenvalue weighted by Crippen LogP contribution is 2.19. The van der Waals surface area contributed by atoms with Crippen LogP contribution in [-0.4, -0.2) is 49.0 Å². The maximum absolute atomic E-state index is 10.4. The van der Waals surface area contributed by atoms with Crippen LogP contribution < -0.4 is 0 Å². The van der Waals surface area contributed by atoms with Crippen LogP contribution in [0.15, 0.2) is 29.2 Å². The van der Waals surface area contributed by atoms with Gasteiger partial charge in [0.2, 0.25) is 0 Å². The van der Waals surface area contributed by atoms with Gasteiger partial charge in [0.05, 0.1) is 31.1 Å². The van der Waals surface area contributed by atoms with Gasteiger partial charge in [0.1, 0.15) is 10.1 Å². The Kier molecular flexibility index (Phi) is 20.5. The Morgan fingerprint density at radius 2 is 1.06 bits per heavy atom. The number of aryl methyl sites for hydroxylation is 1. The molecule has 0 saturated heterocycles. The van der Waals surface area contributed by atoms with E-state index in [2.05, 4.69) is 36.7 Å². The van der Waals surface area contributed by atoms with E-state index >= 15 is 0 Å². The summed E-state index contributed by atoms with van der Waals surface area (Å²) in [7, 11) is -4.27. The zero-order chi connectivity index (χ0) is 25.7. The summed E-state index contributed by atoms with van der Waals surface area (Å²) in [5.74, 6) is 0. The maximum Gasteiger partial charge on any atom is 0.124 e. The second-order valence-corrected chi connectivity index (χ2v) is 11.9.